The molecule has 0 fully saturated rings. The molecule has 4 aromatic carbocycles. The first-order valence-corrected chi connectivity index (χ1v) is 13.8. The van der Waals surface area contributed by atoms with Crippen LogP contribution in [0.3, 0.4) is 0 Å². The fourth-order valence-electron chi connectivity index (χ4n) is 6.05. The number of rotatable bonds is 1. The number of hydrogen-bond acceptors (Lipinski definition) is 1. The number of aromatic nitrogens is 1. The molecule has 5 aromatic rings. The molecule has 2 nitrogen and oxygen atoms in total. The van der Waals surface area contributed by atoms with Crippen LogP contribution in [0.1, 0.15) is 65.9 Å². The summed E-state index contributed by atoms with van der Waals surface area (Å²) >= 11 is 3.72. The quantitative estimate of drug-likeness (QED) is 0.222. The topological polar surface area (TPSA) is 19.0 Å². The van der Waals surface area contributed by atoms with Gasteiger partial charge in [-0.2, -0.15) is 0 Å². The third-order valence-electron chi connectivity index (χ3n) is 7.94. The summed E-state index contributed by atoms with van der Waals surface area (Å²) in [6.07, 6.45) is 3.27. The Morgan fingerprint density at radius 3 is 2.43 bits per heavy atom. The van der Waals surface area contributed by atoms with Crippen molar-refractivity contribution in [3.05, 3.63) is 135 Å². The molecule has 0 saturated heterocycles. The summed E-state index contributed by atoms with van der Waals surface area (Å²) < 4.78 is 1.11. The van der Waals surface area contributed by atoms with Crippen molar-refractivity contribution in [1.82, 2.24) is 4.98 Å². The predicted octanol–water partition coefficient (Wildman–Crippen LogP) is 9.24. The molecule has 0 bridgehead atoms. The Morgan fingerprint density at radius 2 is 1.62 bits per heavy atom. The first-order chi connectivity index (χ1) is 17.9. The average Bonchev–Trinajstić information content (AvgIpc) is 3.16. The second-order valence-corrected chi connectivity index (χ2v) is 12.2. The SMILES string of the molecule is CC(C)(C)c1ccc(C2=Cc3ccccc3C3c4[nH]c5ccc(Br)cc5c4Cc4ccccc4N23)cc1. The summed E-state index contributed by atoms with van der Waals surface area (Å²) in [5.41, 5.74) is 13.1. The van der Waals surface area contributed by atoms with E-state index in [0.29, 0.717) is 0 Å². The minimum absolute atomic E-state index is 0.0586. The van der Waals surface area contributed by atoms with Crippen LogP contribution in [0.15, 0.2) is 95.5 Å². The second kappa shape index (κ2) is 8.22. The lowest BCUT2D eigenvalue weighted by Crippen LogP contribution is -2.31. The number of aromatic amines is 1. The van der Waals surface area contributed by atoms with E-state index in [0.717, 1.165) is 10.9 Å². The lowest BCUT2D eigenvalue weighted by atomic mass is 9.85. The van der Waals surface area contributed by atoms with Gasteiger partial charge in [-0.1, -0.05) is 103 Å². The summed E-state index contributed by atoms with van der Waals surface area (Å²) in [6, 6.07) is 33.6. The highest BCUT2D eigenvalue weighted by Gasteiger charge is 2.37. The zero-order valence-electron chi connectivity index (χ0n) is 21.3. The summed E-state index contributed by atoms with van der Waals surface area (Å²) in [6.45, 7) is 6.82. The molecule has 0 aliphatic carbocycles. The van der Waals surface area contributed by atoms with Crippen molar-refractivity contribution in [2.45, 2.75) is 38.6 Å². The van der Waals surface area contributed by atoms with Crippen molar-refractivity contribution < 1.29 is 0 Å². The lowest BCUT2D eigenvalue weighted by Gasteiger charge is -2.39. The Bertz CT molecular complexity index is 1700. The normalized spacial score (nSPS) is 16.4. The Labute approximate surface area is 226 Å². The molecule has 0 radical (unpaired) electrons. The van der Waals surface area contributed by atoms with Crippen LogP contribution in [-0.4, -0.2) is 4.98 Å². The molecule has 2 aliphatic rings. The number of anilines is 1. The van der Waals surface area contributed by atoms with Crippen molar-refractivity contribution >= 4 is 44.3 Å². The van der Waals surface area contributed by atoms with Crippen molar-refractivity contribution in [2.75, 3.05) is 4.90 Å². The molecule has 3 heterocycles. The number of nitrogens with one attached hydrogen (secondary N) is 1. The van der Waals surface area contributed by atoms with Gasteiger partial charge in [0.05, 0.1) is 0 Å². The molecular weight excluding hydrogens is 516 g/mol. The largest absolute Gasteiger partial charge is 0.356 e. The Balaban J connectivity index is 1.52. The zero-order chi connectivity index (χ0) is 25.3. The minimum Gasteiger partial charge on any atom is -0.356 e. The number of para-hydroxylation sites is 1. The van der Waals surface area contributed by atoms with Gasteiger partial charge in [0.15, 0.2) is 0 Å². The van der Waals surface area contributed by atoms with Crippen LogP contribution in [0.5, 0.6) is 0 Å². The standard InChI is InChI=1S/C34H29BrN2/c1-34(2,3)24-14-12-21(13-15-24)31-19-22-8-4-6-10-26(22)33-32-28(27-20-25(35)16-17-29(27)36-32)18-23-9-5-7-11-30(23)37(31)33/h4-17,19-20,33,36H,18H2,1-3H3. The van der Waals surface area contributed by atoms with Crippen LogP contribution in [0.2, 0.25) is 0 Å². The number of benzene rings is 4. The Hall–Kier alpha value is -3.56. The smallest absolute Gasteiger partial charge is 0.100 e. The van der Waals surface area contributed by atoms with Crippen LogP contribution in [0.4, 0.5) is 5.69 Å². The van der Waals surface area contributed by atoms with Crippen LogP contribution < -0.4 is 4.90 Å². The van der Waals surface area contributed by atoms with Gasteiger partial charge in [0, 0.05) is 38.9 Å². The van der Waals surface area contributed by atoms with Gasteiger partial charge in [0.1, 0.15) is 6.04 Å². The van der Waals surface area contributed by atoms with Crippen molar-refractivity contribution in [3.8, 4) is 0 Å². The third-order valence-corrected chi connectivity index (χ3v) is 8.43. The van der Waals surface area contributed by atoms with Gasteiger partial charge >= 0.3 is 0 Å². The molecule has 1 N–H and O–H groups in total. The highest BCUT2D eigenvalue weighted by molar-refractivity contribution is 9.10. The number of fused-ring (bicyclic) bond motifs is 9. The van der Waals surface area contributed by atoms with Gasteiger partial charge < -0.3 is 9.88 Å². The molecular formula is C34H29BrN2. The highest BCUT2D eigenvalue weighted by Crippen LogP contribution is 2.50. The van der Waals surface area contributed by atoms with E-state index in [2.05, 4.69) is 144 Å². The highest BCUT2D eigenvalue weighted by atomic mass is 79.9. The molecule has 37 heavy (non-hydrogen) atoms. The maximum absolute atomic E-state index is 3.87. The number of H-pyrrole nitrogens is 1. The monoisotopic (exact) mass is 544 g/mol. The van der Waals surface area contributed by atoms with Crippen LogP contribution >= 0.6 is 15.9 Å². The summed E-state index contributed by atoms with van der Waals surface area (Å²) in [7, 11) is 0. The van der Waals surface area contributed by atoms with Gasteiger partial charge in [0.25, 0.3) is 0 Å². The summed E-state index contributed by atoms with van der Waals surface area (Å²) in [5, 5.41) is 1.30. The van der Waals surface area contributed by atoms with Crippen molar-refractivity contribution in [3.63, 3.8) is 0 Å². The first kappa shape index (κ1) is 22.6. The van der Waals surface area contributed by atoms with E-state index in [-0.39, 0.29) is 11.5 Å². The van der Waals surface area contributed by atoms with Gasteiger partial charge in [-0.05, 0) is 69.1 Å². The predicted molar refractivity (Wildman–Crippen MR) is 159 cm³/mol. The molecule has 0 saturated carbocycles. The zero-order valence-corrected chi connectivity index (χ0v) is 22.9. The molecule has 182 valence electrons. The van der Waals surface area contributed by atoms with E-state index in [4.69, 9.17) is 0 Å². The molecule has 1 unspecified atom stereocenters. The maximum atomic E-state index is 3.87. The van der Waals surface area contributed by atoms with Crippen LogP contribution in [0.25, 0.3) is 22.7 Å². The van der Waals surface area contributed by atoms with E-state index >= 15 is 0 Å². The fraction of sp³-hybridized carbons (Fsp3) is 0.176. The second-order valence-electron chi connectivity index (χ2n) is 11.3. The molecule has 0 spiro atoms. The van der Waals surface area contributed by atoms with Crippen LogP contribution in [0, 0.1) is 0 Å². The van der Waals surface area contributed by atoms with Gasteiger partial charge in [0.2, 0.25) is 0 Å². The number of halogens is 1. The fourth-order valence-corrected chi connectivity index (χ4v) is 6.41. The molecule has 3 heteroatoms. The number of hydrogen-bond donors (Lipinski definition) is 1. The van der Waals surface area contributed by atoms with E-state index < -0.39 is 0 Å². The van der Waals surface area contributed by atoms with E-state index in [1.54, 1.807) is 0 Å². The molecule has 1 aromatic heterocycles. The first-order valence-electron chi connectivity index (χ1n) is 13.0. The lowest BCUT2D eigenvalue weighted by molar-refractivity contribution is 0.590. The van der Waals surface area contributed by atoms with Gasteiger partial charge in [-0.15, -0.1) is 0 Å². The van der Waals surface area contributed by atoms with E-state index in [9.17, 15) is 0 Å². The summed E-state index contributed by atoms with van der Waals surface area (Å²) in [4.78, 5) is 6.44. The Morgan fingerprint density at radius 1 is 0.865 bits per heavy atom. The van der Waals surface area contributed by atoms with Crippen molar-refractivity contribution in [1.29, 1.82) is 0 Å². The molecule has 1 atom stereocenters. The van der Waals surface area contributed by atoms with Crippen molar-refractivity contribution in [2.24, 2.45) is 0 Å². The maximum Gasteiger partial charge on any atom is 0.100 e. The minimum atomic E-state index is 0.0586. The van der Waals surface area contributed by atoms with Gasteiger partial charge in [-0.25, -0.2) is 0 Å². The van der Waals surface area contributed by atoms with Crippen LogP contribution in [-0.2, 0) is 11.8 Å². The van der Waals surface area contributed by atoms with E-state index in [1.165, 1.54) is 61.4 Å². The summed E-state index contributed by atoms with van der Waals surface area (Å²) in [5.74, 6) is 0. The van der Waals surface area contributed by atoms with E-state index in [1.807, 2.05) is 0 Å². The Kier molecular flexibility index (Phi) is 5.03. The third kappa shape index (κ3) is 3.59. The molecule has 0 amide bonds. The number of nitrogens with zero attached hydrogens (tertiary/aromatic N) is 1. The average molecular weight is 546 g/mol. The van der Waals surface area contributed by atoms with Gasteiger partial charge in [-0.3, -0.25) is 0 Å². The molecule has 7 rings (SSSR count). The molecule has 2 aliphatic heterocycles.